The molecule has 2 aromatic heterocycles. The van der Waals surface area contributed by atoms with Crippen molar-refractivity contribution in [1.82, 2.24) is 19.5 Å². The predicted molar refractivity (Wildman–Crippen MR) is 67.0 cm³/mol. The van der Waals surface area contributed by atoms with Crippen molar-refractivity contribution < 1.29 is 20.1 Å². The summed E-state index contributed by atoms with van der Waals surface area (Å²) in [4.78, 5) is 11.9. The Bertz CT molecular complexity index is 687. The predicted octanol–water partition coefficient (Wildman–Crippen LogP) is -1.68. The number of aliphatic hydroxyl groups is 3. The zero-order chi connectivity index (χ0) is 14.5. The summed E-state index contributed by atoms with van der Waals surface area (Å²) in [6, 6.07) is 0. The van der Waals surface area contributed by atoms with Crippen molar-refractivity contribution in [1.29, 1.82) is 0 Å². The quantitative estimate of drug-likeness (QED) is 0.511. The molecule has 1 saturated heterocycles. The highest BCUT2D eigenvalue weighted by Crippen LogP contribution is 2.38. The van der Waals surface area contributed by atoms with E-state index in [9.17, 15) is 15.3 Å². The number of hydrogen-bond donors (Lipinski definition) is 4. The fourth-order valence-electron chi connectivity index (χ4n) is 2.29. The second-order valence-corrected chi connectivity index (χ2v) is 4.51. The monoisotopic (exact) mass is 279 g/mol. The number of aliphatic hydroxyl groups excluding tert-OH is 3. The van der Waals surface area contributed by atoms with Crippen molar-refractivity contribution in [3.05, 3.63) is 25.0 Å². The summed E-state index contributed by atoms with van der Waals surface area (Å²) in [5, 5.41) is 29.6. The van der Waals surface area contributed by atoms with E-state index in [0.717, 1.165) is 0 Å². The summed E-state index contributed by atoms with van der Waals surface area (Å²) in [5.74, 6) is 0.115. The van der Waals surface area contributed by atoms with Crippen LogP contribution in [0.25, 0.3) is 11.2 Å². The van der Waals surface area contributed by atoms with Gasteiger partial charge in [0.25, 0.3) is 0 Å². The summed E-state index contributed by atoms with van der Waals surface area (Å²) in [5.41, 5.74) is 4.61. The molecule has 3 rings (SSSR count). The van der Waals surface area contributed by atoms with Gasteiger partial charge in [0, 0.05) is 0 Å². The van der Waals surface area contributed by atoms with Gasteiger partial charge in [-0.25, -0.2) is 15.0 Å². The number of nitrogen functional groups attached to an aromatic ring is 1. The molecule has 106 valence electrons. The highest BCUT2D eigenvalue weighted by Gasteiger charge is 2.54. The molecule has 1 fully saturated rings. The van der Waals surface area contributed by atoms with Crippen LogP contribution in [0.15, 0.2) is 25.0 Å². The van der Waals surface area contributed by atoms with Gasteiger partial charge in [0.05, 0.1) is 0 Å². The van der Waals surface area contributed by atoms with E-state index in [-0.39, 0.29) is 17.2 Å². The van der Waals surface area contributed by atoms with E-state index in [4.69, 9.17) is 10.5 Å². The Labute approximate surface area is 113 Å². The highest BCUT2D eigenvalue weighted by atomic mass is 16.6. The lowest BCUT2D eigenvalue weighted by molar-refractivity contribution is -0.140. The largest absolute Gasteiger partial charge is 0.464 e. The molecule has 0 aliphatic carbocycles. The summed E-state index contributed by atoms with van der Waals surface area (Å²) in [6.45, 7) is 2.89. The van der Waals surface area contributed by atoms with E-state index in [2.05, 4.69) is 21.5 Å². The zero-order valence-electron chi connectivity index (χ0n) is 10.3. The normalized spacial score (nSPS) is 29.9. The fourth-order valence-corrected chi connectivity index (χ4v) is 2.29. The second kappa shape index (κ2) is 4.13. The van der Waals surface area contributed by atoms with Gasteiger partial charge in [-0.3, -0.25) is 4.57 Å². The minimum Gasteiger partial charge on any atom is -0.464 e. The second-order valence-electron chi connectivity index (χ2n) is 4.51. The Morgan fingerprint density at radius 3 is 2.75 bits per heavy atom. The molecule has 0 aromatic carbocycles. The Hall–Kier alpha value is -2.23. The van der Waals surface area contributed by atoms with E-state index in [1.54, 1.807) is 0 Å². The summed E-state index contributed by atoms with van der Waals surface area (Å²) in [6.07, 6.45) is -0.207. The molecule has 2 unspecified atom stereocenters. The van der Waals surface area contributed by atoms with Gasteiger partial charge in [-0.05, 0) is 0 Å². The molecule has 2 aromatic rings. The number of nitrogens with two attached hydrogens (primary N) is 1. The Balaban J connectivity index is 2.23. The Morgan fingerprint density at radius 2 is 2.15 bits per heavy atom. The van der Waals surface area contributed by atoms with Gasteiger partial charge in [-0.1, -0.05) is 6.58 Å². The smallest absolute Gasteiger partial charge is 0.240 e. The van der Waals surface area contributed by atoms with Crippen LogP contribution in [-0.4, -0.2) is 53.7 Å². The van der Waals surface area contributed by atoms with Crippen LogP contribution in [0, 0.1) is 0 Å². The molecular weight excluding hydrogens is 266 g/mol. The number of fused-ring (bicyclic) bond motifs is 1. The lowest BCUT2D eigenvalue weighted by Gasteiger charge is -2.30. The van der Waals surface area contributed by atoms with Crippen molar-refractivity contribution in [2.45, 2.75) is 17.9 Å². The third-order valence-corrected chi connectivity index (χ3v) is 3.40. The van der Waals surface area contributed by atoms with E-state index in [0.29, 0.717) is 5.52 Å². The topological polar surface area (TPSA) is 140 Å². The molecule has 9 heteroatoms. The lowest BCUT2D eigenvalue weighted by Crippen LogP contribution is -2.48. The number of rotatable bonds is 2. The first kappa shape index (κ1) is 12.8. The van der Waals surface area contributed by atoms with Crippen LogP contribution in [0.3, 0.4) is 0 Å². The Morgan fingerprint density at radius 1 is 1.40 bits per heavy atom. The van der Waals surface area contributed by atoms with Gasteiger partial charge in [-0.2, -0.15) is 0 Å². The van der Waals surface area contributed by atoms with E-state index in [1.165, 1.54) is 17.2 Å². The maximum Gasteiger partial charge on any atom is 0.240 e. The standard InChI is InChI=1S/C11H13N5O4/c1-5-7(18)8(19)11(2-17,20-5)16-4-15-6-9(12)13-3-14-10(6)16/h3-4,7-8,17-19H,1-2H2,(H2,12,13,14)/t7?,8?,11-/m0/s1. The number of aromatic nitrogens is 4. The molecule has 0 amide bonds. The van der Waals surface area contributed by atoms with E-state index < -0.39 is 24.5 Å². The van der Waals surface area contributed by atoms with Crippen LogP contribution in [0.1, 0.15) is 0 Å². The fraction of sp³-hybridized carbons (Fsp3) is 0.364. The summed E-state index contributed by atoms with van der Waals surface area (Å²) >= 11 is 0. The Kier molecular flexibility index (Phi) is 2.64. The van der Waals surface area contributed by atoms with Gasteiger partial charge >= 0.3 is 0 Å². The van der Waals surface area contributed by atoms with Gasteiger partial charge in [0.15, 0.2) is 11.5 Å². The lowest BCUT2D eigenvalue weighted by atomic mass is 10.0. The molecule has 20 heavy (non-hydrogen) atoms. The number of anilines is 1. The third kappa shape index (κ3) is 1.45. The van der Waals surface area contributed by atoms with Crippen LogP contribution in [0.5, 0.6) is 0 Å². The number of ether oxygens (including phenoxy) is 1. The molecule has 0 radical (unpaired) electrons. The highest BCUT2D eigenvalue weighted by molar-refractivity contribution is 5.81. The number of hydrogen-bond acceptors (Lipinski definition) is 8. The number of imidazole rings is 1. The third-order valence-electron chi connectivity index (χ3n) is 3.40. The van der Waals surface area contributed by atoms with Gasteiger partial charge < -0.3 is 25.8 Å². The SMILES string of the molecule is C=C1O[C@](CO)(n2cnc3c(N)ncnc32)C(O)C1O. The maximum atomic E-state index is 10.2. The first-order chi connectivity index (χ1) is 9.51. The first-order valence-corrected chi connectivity index (χ1v) is 5.80. The number of nitrogens with zero attached hydrogens (tertiary/aromatic N) is 4. The molecule has 3 heterocycles. The summed E-state index contributed by atoms with van der Waals surface area (Å²) in [7, 11) is 0. The molecule has 0 spiro atoms. The van der Waals surface area contributed by atoms with Crippen LogP contribution in [-0.2, 0) is 10.5 Å². The molecule has 0 bridgehead atoms. The van der Waals surface area contributed by atoms with Gasteiger partial charge in [0.1, 0.15) is 42.7 Å². The van der Waals surface area contributed by atoms with Crippen molar-refractivity contribution in [3.63, 3.8) is 0 Å². The van der Waals surface area contributed by atoms with Gasteiger partial charge in [-0.15, -0.1) is 0 Å². The molecule has 0 saturated carbocycles. The average Bonchev–Trinajstić information content (AvgIpc) is 2.96. The van der Waals surface area contributed by atoms with Crippen LogP contribution >= 0.6 is 0 Å². The van der Waals surface area contributed by atoms with Crippen molar-refractivity contribution in [2.75, 3.05) is 12.3 Å². The van der Waals surface area contributed by atoms with E-state index >= 15 is 0 Å². The molecule has 3 atom stereocenters. The zero-order valence-corrected chi connectivity index (χ0v) is 10.3. The van der Waals surface area contributed by atoms with Crippen molar-refractivity contribution in [2.24, 2.45) is 0 Å². The van der Waals surface area contributed by atoms with E-state index in [1.807, 2.05) is 0 Å². The molecule has 5 N–H and O–H groups in total. The molecule has 1 aliphatic heterocycles. The molecule has 1 aliphatic rings. The van der Waals surface area contributed by atoms with Crippen LogP contribution in [0.4, 0.5) is 5.82 Å². The minimum absolute atomic E-state index is 0.0459. The van der Waals surface area contributed by atoms with Crippen LogP contribution < -0.4 is 5.73 Å². The molecule has 9 nitrogen and oxygen atoms in total. The van der Waals surface area contributed by atoms with Crippen molar-refractivity contribution in [3.8, 4) is 0 Å². The maximum absolute atomic E-state index is 10.2. The minimum atomic E-state index is -1.65. The first-order valence-electron chi connectivity index (χ1n) is 5.80. The van der Waals surface area contributed by atoms with Gasteiger partial charge in [0.2, 0.25) is 5.72 Å². The molecular formula is C11H13N5O4. The van der Waals surface area contributed by atoms with Crippen LogP contribution in [0.2, 0.25) is 0 Å². The average molecular weight is 279 g/mol. The summed E-state index contributed by atoms with van der Waals surface area (Å²) < 4.78 is 6.70. The van der Waals surface area contributed by atoms with Crippen molar-refractivity contribution >= 4 is 17.0 Å².